The van der Waals surface area contributed by atoms with Gasteiger partial charge in [0.2, 0.25) is 0 Å². The number of aromatic nitrogens is 2. The highest BCUT2D eigenvalue weighted by molar-refractivity contribution is 6.03. The molecular weight excluding hydrogens is 384 g/mol. The second kappa shape index (κ2) is 8.44. The van der Waals surface area contributed by atoms with E-state index in [0.717, 1.165) is 18.4 Å². The predicted molar refractivity (Wildman–Crippen MR) is 111 cm³/mol. The highest BCUT2D eigenvalue weighted by Gasteiger charge is 2.28. The molecule has 0 aliphatic carbocycles. The van der Waals surface area contributed by atoms with Crippen molar-refractivity contribution in [2.45, 2.75) is 25.8 Å². The average Bonchev–Trinajstić information content (AvgIpc) is 3.42. The molecule has 1 N–H and O–H groups in total. The quantitative estimate of drug-likeness (QED) is 0.698. The number of hydrogen-bond acceptors (Lipinski definition) is 5. The molecule has 8 nitrogen and oxygen atoms in total. The summed E-state index contributed by atoms with van der Waals surface area (Å²) in [6.45, 7) is 3.08. The van der Waals surface area contributed by atoms with E-state index in [1.54, 1.807) is 54.6 Å². The minimum atomic E-state index is -0.208. The van der Waals surface area contributed by atoms with Crippen LogP contribution in [0.5, 0.6) is 5.75 Å². The molecule has 0 bridgehead atoms. The number of benzene rings is 1. The first-order valence-corrected chi connectivity index (χ1v) is 9.89. The Hall–Kier alpha value is -3.55. The molecule has 1 aliphatic rings. The Kier molecular flexibility index (Phi) is 5.56. The van der Waals surface area contributed by atoms with Crippen LogP contribution in [0.25, 0.3) is 0 Å². The topological polar surface area (TPSA) is 89.6 Å². The fraction of sp³-hybridized carbons (Fsp3) is 0.318. The van der Waals surface area contributed by atoms with Crippen molar-refractivity contribution < 1.29 is 18.7 Å². The summed E-state index contributed by atoms with van der Waals surface area (Å²) in [6, 6.07) is 10.6. The molecular formula is C22H24N4O4. The van der Waals surface area contributed by atoms with Crippen LogP contribution in [0.2, 0.25) is 0 Å². The van der Waals surface area contributed by atoms with Crippen LogP contribution in [0, 0.1) is 6.92 Å². The number of nitrogens with zero attached hydrogens (tertiary/aromatic N) is 3. The van der Waals surface area contributed by atoms with Gasteiger partial charge in [0.25, 0.3) is 11.8 Å². The average molecular weight is 408 g/mol. The number of methoxy groups -OCH3 is 1. The lowest BCUT2D eigenvalue weighted by molar-refractivity contribution is 0.0658. The Bertz CT molecular complexity index is 1030. The van der Waals surface area contributed by atoms with E-state index < -0.39 is 0 Å². The van der Waals surface area contributed by atoms with E-state index in [1.807, 2.05) is 11.6 Å². The summed E-state index contributed by atoms with van der Waals surface area (Å²) in [5, 5.41) is 7.34. The van der Waals surface area contributed by atoms with Crippen LogP contribution in [-0.4, -0.2) is 46.7 Å². The summed E-state index contributed by atoms with van der Waals surface area (Å²) in [5.41, 5.74) is 1.38. The molecule has 3 aromatic rings. The number of carbonyl (C=O) groups is 2. The van der Waals surface area contributed by atoms with Gasteiger partial charge in [0.05, 0.1) is 25.6 Å². The van der Waals surface area contributed by atoms with Crippen molar-refractivity contribution in [2.75, 3.05) is 25.5 Å². The van der Waals surface area contributed by atoms with Crippen LogP contribution in [0.3, 0.4) is 0 Å². The van der Waals surface area contributed by atoms with Crippen molar-refractivity contribution in [3.8, 4) is 5.75 Å². The lowest BCUT2D eigenvalue weighted by Gasteiger charge is -2.32. The van der Waals surface area contributed by atoms with Gasteiger partial charge in [-0.15, -0.1) is 0 Å². The number of rotatable bonds is 5. The van der Waals surface area contributed by atoms with E-state index in [9.17, 15) is 9.59 Å². The van der Waals surface area contributed by atoms with Gasteiger partial charge < -0.3 is 19.4 Å². The summed E-state index contributed by atoms with van der Waals surface area (Å²) >= 11 is 0. The molecule has 0 atom stereocenters. The molecule has 0 radical (unpaired) electrons. The van der Waals surface area contributed by atoms with Crippen LogP contribution in [0.1, 0.15) is 45.4 Å². The highest BCUT2D eigenvalue weighted by atomic mass is 16.5. The third-order valence-corrected chi connectivity index (χ3v) is 5.42. The summed E-state index contributed by atoms with van der Waals surface area (Å²) in [6.07, 6.45) is 4.71. The maximum absolute atomic E-state index is 12.6. The van der Waals surface area contributed by atoms with E-state index in [4.69, 9.17) is 9.15 Å². The number of aryl methyl sites for hydroxylation is 1. The molecule has 1 saturated heterocycles. The van der Waals surface area contributed by atoms with Crippen molar-refractivity contribution in [1.82, 2.24) is 14.7 Å². The number of anilines is 1. The van der Waals surface area contributed by atoms with Crippen molar-refractivity contribution in [3.63, 3.8) is 0 Å². The molecule has 8 heteroatoms. The lowest BCUT2D eigenvalue weighted by Crippen LogP contribution is -2.39. The number of furan rings is 1. The van der Waals surface area contributed by atoms with Gasteiger partial charge in [-0.05, 0) is 50.1 Å². The Morgan fingerprint density at radius 1 is 1.13 bits per heavy atom. The Morgan fingerprint density at radius 2 is 1.87 bits per heavy atom. The van der Waals surface area contributed by atoms with E-state index >= 15 is 0 Å². The van der Waals surface area contributed by atoms with Gasteiger partial charge in [-0.1, -0.05) is 0 Å². The maximum atomic E-state index is 12.6. The van der Waals surface area contributed by atoms with Gasteiger partial charge in [-0.2, -0.15) is 5.10 Å². The maximum Gasteiger partial charge on any atom is 0.289 e. The molecule has 4 rings (SSSR count). The van der Waals surface area contributed by atoms with Crippen molar-refractivity contribution in [1.29, 1.82) is 0 Å². The third kappa shape index (κ3) is 3.94. The van der Waals surface area contributed by atoms with Gasteiger partial charge in [0.1, 0.15) is 11.6 Å². The summed E-state index contributed by atoms with van der Waals surface area (Å²) in [5.74, 6) is 1.45. The first-order chi connectivity index (χ1) is 14.6. The van der Waals surface area contributed by atoms with E-state index in [-0.39, 0.29) is 17.9 Å². The number of likely N-dealkylation sites (tertiary alicyclic amines) is 1. The van der Waals surface area contributed by atoms with Crippen molar-refractivity contribution in [2.24, 2.45) is 0 Å². The van der Waals surface area contributed by atoms with Gasteiger partial charge in [-0.25, -0.2) is 4.68 Å². The summed E-state index contributed by atoms with van der Waals surface area (Å²) in [7, 11) is 1.59. The monoisotopic (exact) mass is 408 g/mol. The third-order valence-electron chi connectivity index (χ3n) is 5.42. The minimum Gasteiger partial charge on any atom is -0.497 e. The summed E-state index contributed by atoms with van der Waals surface area (Å²) < 4.78 is 12.3. The smallest absolute Gasteiger partial charge is 0.289 e. The van der Waals surface area contributed by atoms with Crippen LogP contribution in [-0.2, 0) is 0 Å². The normalized spacial score (nSPS) is 14.5. The molecule has 2 amide bonds. The molecule has 1 fully saturated rings. The second-order valence-corrected chi connectivity index (χ2v) is 7.30. The molecule has 0 unspecified atom stereocenters. The van der Waals surface area contributed by atoms with Gasteiger partial charge in [0, 0.05) is 30.3 Å². The molecule has 3 heterocycles. The minimum absolute atomic E-state index is 0.0792. The molecule has 30 heavy (non-hydrogen) atoms. The Balaban J connectivity index is 1.39. The first kappa shape index (κ1) is 19.8. The molecule has 1 aliphatic heterocycles. The molecule has 1 aromatic carbocycles. The molecule has 2 aromatic heterocycles. The summed E-state index contributed by atoms with van der Waals surface area (Å²) in [4.78, 5) is 27.0. The standard InChI is InChI=1S/C22H24N4O4/c1-15-10-14-30-20(15)22(28)25-12-8-17(9-13-25)26-19(7-11-23-26)24-21(27)16-3-5-18(29-2)6-4-16/h3-7,10-11,14,17H,8-9,12-13H2,1-2H3,(H,24,27). The van der Waals surface area contributed by atoms with Crippen LogP contribution in [0.15, 0.2) is 53.3 Å². The number of nitrogens with one attached hydrogen (secondary N) is 1. The van der Waals surface area contributed by atoms with Gasteiger partial charge in [-0.3, -0.25) is 9.59 Å². The number of piperidine rings is 1. The van der Waals surface area contributed by atoms with Crippen LogP contribution < -0.4 is 10.1 Å². The number of ether oxygens (including phenoxy) is 1. The fourth-order valence-corrected chi connectivity index (χ4v) is 3.68. The zero-order valence-electron chi connectivity index (χ0n) is 17.0. The van der Waals surface area contributed by atoms with Crippen LogP contribution in [0.4, 0.5) is 5.82 Å². The van der Waals surface area contributed by atoms with E-state index in [1.165, 1.54) is 6.26 Å². The van der Waals surface area contributed by atoms with E-state index in [0.29, 0.717) is 36.0 Å². The molecule has 0 spiro atoms. The molecule has 156 valence electrons. The predicted octanol–water partition coefficient (Wildman–Crippen LogP) is 3.52. The SMILES string of the molecule is COc1ccc(C(=O)Nc2ccnn2C2CCN(C(=O)c3occc3C)CC2)cc1. The Morgan fingerprint density at radius 3 is 2.50 bits per heavy atom. The highest BCUT2D eigenvalue weighted by Crippen LogP contribution is 2.27. The molecule has 0 saturated carbocycles. The van der Waals surface area contributed by atoms with E-state index in [2.05, 4.69) is 10.4 Å². The second-order valence-electron chi connectivity index (χ2n) is 7.30. The lowest BCUT2D eigenvalue weighted by atomic mass is 10.0. The van der Waals surface area contributed by atoms with Crippen LogP contribution >= 0.6 is 0 Å². The largest absolute Gasteiger partial charge is 0.497 e. The van der Waals surface area contributed by atoms with Crippen molar-refractivity contribution in [3.05, 3.63) is 65.7 Å². The number of amides is 2. The fourth-order valence-electron chi connectivity index (χ4n) is 3.68. The number of hydrogen-bond donors (Lipinski definition) is 1. The Labute approximate surface area is 174 Å². The van der Waals surface area contributed by atoms with Gasteiger partial charge in [0.15, 0.2) is 5.76 Å². The zero-order valence-corrected chi connectivity index (χ0v) is 17.0. The zero-order chi connectivity index (χ0) is 21.1. The first-order valence-electron chi connectivity index (χ1n) is 9.89. The van der Waals surface area contributed by atoms with Crippen molar-refractivity contribution >= 4 is 17.6 Å². The number of carbonyl (C=O) groups excluding carboxylic acids is 2. The van der Waals surface area contributed by atoms with Gasteiger partial charge >= 0.3 is 0 Å².